The standard InChI is InChI=1S/C18H21N5O3S/c1-26-17(25)14-10-27-18(19-14)20-16(24)11-5-7-23(8-6-11)15-9-12-3-2-4-13(12)21-22-15/h9-11H,2-8H2,1H3,(H,19,20,24). The molecule has 3 heterocycles. The fourth-order valence-electron chi connectivity index (χ4n) is 3.58. The minimum absolute atomic E-state index is 0.0551. The molecule has 27 heavy (non-hydrogen) atoms. The lowest BCUT2D eigenvalue weighted by atomic mass is 9.96. The van der Waals surface area contributed by atoms with Crippen molar-refractivity contribution in [1.29, 1.82) is 0 Å². The molecule has 2 aliphatic rings. The second-order valence-corrected chi connectivity index (χ2v) is 7.67. The first-order valence-electron chi connectivity index (χ1n) is 9.09. The first-order valence-corrected chi connectivity index (χ1v) is 9.97. The molecule has 0 unspecified atom stereocenters. The van der Waals surface area contributed by atoms with Gasteiger partial charge in [0.05, 0.1) is 12.8 Å². The lowest BCUT2D eigenvalue weighted by Crippen LogP contribution is -2.38. The Kier molecular flexibility index (Phi) is 5.02. The molecule has 1 aliphatic carbocycles. The molecule has 142 valence electrons. The predicted octanol–water partition coefficient (Wildman–Crippen LogP) is 2.06. The van der Waals surface area contributed by atoms with Crippen molar-refractivity contribution in [2.24, 2.45) is 5.92 Å². The van der Waals surface area contributed by atoms with Crippen molar-refractivity contribution in [3.05, 3.63) is 28.4 Å². The van der Waals surface area contributed by atoms with Crippen molar-refractivity contribution in [1.82, 2.24) is 15.2 Å². The second kappa shape index (κ2) is 7.59. The van der Waals surface area contributed by atoms with Crippen LogP contribution in [0.15, 0.2) is 11.4 Å². The number of thiazole rings is 1. The molecule has 0 spiro atoms. The van der Waals surface area contributed by atoms with E-state index >= 15 is 0 Å². The van der Waals surface area contributed by atoms with Gasteiger partial charge in [0.1, 0.15) is 0 Å². The summed E-state index contributed by atoms with van der Waals surface area (Å²) in [7, 11) is 1.30. The molecule has 1 saturated heterocycles. The number of hydrogen-bond donors (Lipinski definition) is 1. The summed E-state index contributed by atoms with van der Waals surface area (Å²) in [4.78, 5) is 30.3. The van der Waals surface area contributed by atoms with Gasteiger partial charge in [0, 0.05) is 24.4 Å². The van der Waals surface area contributed by atoms with Gasteiger partial charge in [-0.05, 0) is 43.7 Å². The average molecular weight is 387 g/mol. The Morgan fingerprint density at radius 3 is 2.85 bits per heavy atom. The molecule has 1 fully saturated rings. The zero-order valence-corrected chi connectivity index (χ0v) is 15.9. The van der Waals surface area contributed by atoms with Crippen LogP contribution >= 0.6 is 11.3 Å². The van der Waals surface area contributed by atoms with Crippen molar-refractivity contribution in [3.8, 4) is 0 Å². The van der Waals surface area contributed by atoms with E-state index < -0.39 is 5.97 Å². The maximum Gasteiger partial charge on any atom is 0.357 e. The number of amides is 1. The molecular weight excluding hydrogens is 366 g/mol. The van der Waals surface area contributed by atoms with Crippen molar-refractivity contribution < 1.29 is 14.3 Å². The summed E-state index contributed by atoms with van der Waals surface area (Å²) in [6.07, 6.45) is 4.77. The van der Waals surface area contributed by atoms with E-state index in [1.165, 1.54) is 24.0 Å². The number of rotatable bonds is 4. The van der Waals surface area contributed by atoms with Crippen LogP contribution in [-0.4, -0.2) is 47.3 Å². The molecule has 8 nitrogen and oxygen atoms in total. The first kappa shape index (κ1) is 17.8. The molecule has 2 aromatic rings. The van der Waals surface area contributed by atoms with E-state index in [9.17, 15) is 9.59 Å². The number of ether oxygens (including phenoxy) is 1. The van der Waals surface area contributed by atoms with Crippen LogP contribution < -0.4 is 10.2 Å². The summed E-state index contributed by atoms with van der Waals surface area (Å²) >= 11 is 1.22. The Morgan fingerprint density at radius 2 is 2.07 bits per heavy atom. The molecule has 1 aliphatic heterocycles. The maximum atomic E-state index is 12.5. The number of esters is 1. The van der Waals surface area contributed by atoms with Crippen LogP contribution in [0.4, 0.5) is 10.9 Å². The third kappa shape index (κ3) is 3.78. The van der Waals surface area contributed by atoms with Gasteiger partial charge in [-0.15, -0.1) is 16.4 Å². The van der Waals surface area contributed by atoms with E-state index in [0.29, 0.717) is 5.13 Å². The fraction of sp³-hybridized carbons (Fsp3) is 0.500. The number of nitrogens with zero attached hydrogens (tertiary/aromatic N) is 4. The van der Waals surface area contributed by atoms with Gasteiger partial charge in [-0.3, -0.25) is 4.79 Å². The van der Waals surface area contributed by atoms with E-state index in [-0.39, 0.29) is 17.5 Å². The summed E-state index contributed by atoms with van der Waals surface area (Å²) in [6, 6.07) is 2.15. The first-order chi connectivity index (χ1) is 13.1. The lowest BCUT2D eigenvalue weighted by molar-refractivity contribution is -0.120. The Balaban J connectivity index is 1.33. The molecule has 0 radical (unpaired) electrons. The van der Waals surface area contributed by atoms with E-state index in [4.69, 9.17) is 0 Å². The third-order valence-electron chi connectivity index (χ3n) is 5.13. The Bertz CT molecular complexity index is 860. The third-order valence-corrected chi connectivity index (χ3v) is 5.88. The molecule has 2 aromatic heterocycles. The second-order valence-electron chi connectivity index (χ2n) is 6.81. The molecule has 1 N–H and O–H groups in total. The topological polar surface area (TPSA) is 97.3 Å². The summed E-state index contributed by atoms with van der Waals surface area (Å²) in [6.45, 7) is 1.55. The van der Waals surface area contributed by atoms with E-state index in [1.54, 1.807) is 5.38 Å². The highest BCUT2D eigenvalue weighted by molar-refractivity contribution is 7.14. The number of carbonyl (C=O) groups excluding carboxylic acids is 2. The van der Waals surface area contributed by atoms with Crippen LogP contribution in [0.5, 0.6) is 0 Å². The normalized spacial score (nSPS) is 16.9. The molecular formula is C18H21N5O3S. The molecule has 1 amide bonds. The monoisotopic (exact) mass is 387 g/mol. The smallest absolute Gasteiger partial charge is 0.357 e. The fourth-order valence-corrected chi connectivity index (χ4v) is 4.26. The van der Waals surface area contributed by atoms with Gasteiger partial charge in [0.2, 0.25) is 5.91 Å². The highest BCUT2D eigenvalue weighted by Gasteiger charge is 2.27. The van der Waals surface area contributed by atoms with Gasteiger partial charge in [-0.2, -0.15) is 5.10 Å². The lowest BCUT2D eigenvalue weighted by Gasteiger charge is -2.31. The number of fused-ring (bicyclic) bond motifs is 1. The zero-order chi connectivity index (χ0) is 18.8. The Labute approximate surface area is 161 Å². The molecule has 0 saturated carbocycles. The highest BCUT2D eigenvalue weighted by Crippen LogP contribution is 2.27. The van der Waals surface area contributed by atoms with Crippen LogP contribution in [0.1, 0.15) is 41.0 Å². The van der Waals surface area contributed by atoms with Crippen LogP contribution in [0.3, 0.4) is 0 Å². The van der Waals surface area contributed by atoms with E-state index in [2.05, 4.69) is 36.2 Å². The van der Waals surface area contributed by atoms with E-state index in [1.807, 2.05) is 0 Å². The van der Waals surface area contributed by atoms with Crippen molar-refractivity contribution in [2.45, 2.75) is 32.1 Å². The van der Waals surface area contributed by atoms with Crippen LogP contribution in [0, 0.1) is 5.92 Å². The summed E-state index contributed by atoms with van der Waals surface area (Å²) in [5, 5.41) is 13.5. The molecule has 0 bridgehead atoms. The quantitative estimate of drug-likeness (QED) is 0.802. The van der Waals surface area contributed by atoms with Crippen molar-refractivity contribution in [3.63, 3.8) is 0 Å². The number of methoxy groups -OCH3 is 1. The average Bonchev–Trinajstić information content (AvgIpc) is 3.36. The molecule has 0 aromatic carbocycles. The van der Waals surface area contributed by atoms with Crippen LogP contribution in [0.25, 0.3) is 0 Å². The van der Waals surface area contributed by atoms with Gasteiger partial charge < -0.3 is 15.0 Å². The molecule has 9 heteroatoms. The van der Waals surface area contributed by atoms with Crippen LogP contribution in [0.2, 0.25) is 0 Å². The van der Waals surface area contributed by atoms with Crippen molar-refractivity contribution >= 4 is 34.2 Å². The summed E-state index contributed by atoms with van der Waals surface area (Å²) < 4.78 is 4.63. The molecule has 4 rings (SSSR count). The van der Waals surface area contributed by atoms with Crippen molar-refractivity contribution in [2.75, 3.05) is 30.4 Å². The Hall–Kier alpha value is -2.55. The minimum Gasteiger partial charge on any atom is -0.464 e. The number of piperidine rings is 1. The summed E-state index contributed by atoms with van der Waals surface area (Å²) in [5.41, 5.74) is 2.65. The minimum atomic E-state index is -0.504. The number of anilines is 2. The van der Waals surface area contributed by atoms with Gasteiger partial charge >= 0.3 is 5.97 Å². The maximum absolute atomic E-state index is 12.5. The molecule has 0 atom stereocenters. The van der Waals surface area contributed by atoms with Gasteiger partial charge in [-0.1, -0.05) is 0 Å². The largest absolute Gasteiger partial charge is 0.464 e. The van der Waals surface area contributed by atoms with Gasteiger partial charge in [0.15, 0.2) is 16.6 Å². The van der Waals surface area contributed by atoms with Gasteiger partial charge in [0.25, 0.3) is 0 Å². The predicted molar refractivity (Wildman–Crippen MR) is 101 cm³/mol. The SMILES string of the molecule is COC(=O)c1csc(NC(=O)C2CCN(c3cc4c(nn3)CCC4)CC2)n1. The van der Waals surface area contributed by atoms with Gasteiger partial charge in [-0.25, -0.2) is 9.78 Å². The number of aryl methyl sites for hydroxylation is 2. The number of nitrogens with one attached hydrogen (secondary N) is 1. The number of carbonyl (C=O) groups is 2. The number of aromatic nitrogens is 3. The Morgan fingerprint density at radius 1 is 1.26 bits per heavy atom. The van der Waals surface area contributed by atoms with Crippen LogP contribution in [-0.2, 0) is 22.4 Å². The highest BCUT2D eigenvalue weighted by atomic mass is 32.1. The zero-order valence-electron chi connectivity index (χ0n) is 15.1. The summed E-state index contributed by atoms with van der Waals surface area (Å²) in [5.74, 6) is 0.280. The van der Waals surface area contributed by atoms with E-state index in [0.717, 1.165) is 56.7 Å². The number of hydrogen-bond acceptors (Lipinski definition) is 8.